The van der Waals surface area contributed by atoms with Gasteiger partial charge in [0.25, 0.3) is 0 Å². The lowest BCUT2D eigenvalue weighted by atomic mass is 10.3. The molecule has 1 rings (SSSR count). The summed E-state index contributed by atoms with van der Waals surface area (Å²) in [6.07, 6.45) is 0.553. The maximum atomic E-state index is 12.5. The van der Waals surface area contributed by atoms with Gasteiger partial charge < -0.3 is 5.11 Å². The number of thioether (sulfide) groups is 1. The summed E-state index contributed by atoms with van der Waals surface area (Å²) in [5, 5.41) is 8.34. The van der Waals surface area contributed by atoms with Crippen LogP contribution in [0.25, 0.3) is 0 Å². The summed E-state index contributed by atoms with van der Waals surface area (Å²) in [6, 6.07) is 5.84. The molecule has 0 aromatic heterocycles. The summed E-state index contributed by atoms with van der Waals surface area (Å²) in [7, 11) is 0. The van der Waals surface area contributed by atoms with Crippen LogP contribution in [0.3, 0.4) is 0 Å². The number of carboxylic acids is 1. The lowest BCUT2D eigenvalue weighted by molar-refractivity contribution is -0.136. The normalized spacial score (nSPS) is 12.4. The number of halogens is 1. The van der Waals surface area contributed by atoms with E-state index in [1.165, 1.54) is 23.9 Å². The molecule has 4 heteroatoms. The summed E-state index contributed by atoms with van der Waals surface area (Å²) in [6.45, 7) is 1.81. The zero-order valence-corrected chi connectivity index (χ0v) is 8.55. The van der Waals surface area contributed by atoms with Crippen LogP contribution in [0.5, 0.6) is 0 Å². The number of carbonyl (C=O) groups is 1. The first-order valence-electron chi connectivity index (χ1n) is 4.28. The van der Waals surface area contributed by atoms with Crippen molar-refractivity contribution in [3.63, 3.8) is 0 Å². The lowest BCUT2D eigenvalue weighted by Gasteiger charge is -2.08. The standard InChI is InChI=1S/C10H11FO2S/c1-2-9(10(12)13)14-8-5-3-7(11)4-6-8/h3-6,9H,2H2,1H3,(H,12,13). The smallest absolute Gasteiger partial charge is 0.316 e. The minimum atomic E-state index is -0.832. The molecule has 1 N–H and O–H groups in total. The Bertz CT molecular complexity index is 310. The van der Waals surface area contributed by atoms with Gasteiger partial charge in [0, 0.05) is 4.90 Å². The van der Waals surface area contributed by atoms with Gasteiger partial charge >= 0.3 is 5.97 Å². The van der Waals surface area contributed by atoms with E-state index in [-0.39, 0.29) is 5.82 Å². The zero-order valence-electron chi connectivity index (χ0n) is 7.74. The van der Waals surface area contributed by atoms with Gasteiger partial charge in [0.05, 0.1) is 0 Å². The van der Waals surface area contributed by atoms with Crippen molar-refractivity contribution in [2.75, 3.05) is 0 Å². The van der Waals surface area contributed by atoms with Gasteiger partial charge in [0.15, 0.2) is 0 Å². The number of hydrogen-bond acceptors (Lipinski definition) is 2. The van der Waals surface area contributed by atoms with E-state index >= 15 is 0 Å². The molecule has 0 spiro atoms. The Kier molecular flexibility index (Phi) is 3.95. The van der Waals surface area contributed by atoms with Crippen LogP contribution in [0.4, 0.5) is 4.39 Å². The molecule has 0 saturated carbocycles. The van der Waals surface area contributed by atoms with Crippen molar-refractivity contribution in [1.29, 1.82) is 0 Å². The maximum absolute atomic E-state index is 12.5. The highest BCUT2D eigenvalue weighted by Gasteiger charge is 2.15. The molecule has 0 fully saturated rings. The fourth-order valence-electron chi connectivity index (χ4n) is 0.986. The van der Waals surface area contributed by atoms with Gasteiger partial charge in [-0.2, -0.15) is 0 Å². The average molecular weight is 214 g/mol. The van der Waals surface area contributed by atoms with Crippen molar-refractivity contribution in [2.24, 2.45) is 0 Å². The van der Waals surface area contributed by atoms with Crippen LogP contribution in [-0.2, 0) is 4.79 Å². The van der Waals surface area contributed by atoms with Crippen LogP contribution in [0, 0.1) is 5.82 Å². The number of hydrogen-bond donors (Lipinski definition) is 1. The van der Waals surface area contributed by atoms with Crippen molar-refractivity contribution in [3.05, 3.63) is 30.1 Å². The topological polar surface area (TPSA) is 37.3 Å². The van der Waals surface area contributed by atoms with Gasteiger partial charge in [0.2, 0.25) is 0 Å². The third-order valence-electron chi connectivity index (χ3n) is 1.74. The monoisotopic (exact) mass is 214 g/mol. The van der Waals surface area contributed by atoms with E-state index in [1.807, 2.05) is 6.92 Å². The first kappa shape index (κ1) is 11.0. The molecule has 0 heterocycles. The molecule has 0 aliphatic rings. The molecule has 1 unspecified atom stereocenters. The van der Waals surface area contributed by atoms with E-state index in [4.69, 9.17) is 5.11 Å². The second kappa shape index (κ2) is 5.00. The molecule has 0 amide bonds. The average Bonchev–Trinajstić information content (AvgIpc) is 2.16. The van der Waals surface area contributed by atoms with Gasteiger partial charge in [0.1, 0.15) is 11.1 Å². The molecule has 2 nitrogen and oxygen atoms in total. The molecule has 0 radical (unpaired) electrons. The highest BCUT2D eigenvalue weighted by molar-refractivity contribution is 8.00. The Labute approximate surface area is 86.1 Å². The van der Waals surface area contributed by atoms with Crippen LogP contribution in [0.1, 0.15) is 13.3 Å². The number of benzene rings is 1. The Morgan fingerprint density at radius 1 is 1.50 bits per heavy atom. The van der Waals surface area contributed by atoms with Crippen LogP contribution >= 0.6 is 11.8 Å². The van der Waals surface area contributed by atoms with Crippen molar-refractivity contribution >= 4 is 17.7 Å². The number of aliphatic carboxylic acids is 1. The maximum Gasteiger partial charge on any atom is 0.316 e. The minimum absolute atomic E-state index is 0.308. The molecule has 0 bridgehead atoms. The molecule has 1 atom stereocenters. The van der Waals surface area contributed by atoms with Crippen molar-refractivity contribution < 1.29 is 14.3 Å². The summed E-state index contributed by atoms with van der Waals surface area (Å²) in [4.78, 5) is 11.5. The summed E-state index contributed by atoms with van der Waals surface area (Å²) in [5.41, 5.74) is 0. The molecular weight excluding hydrogens is 203 g/mol. The third-order valence-corrected chi connectivity index (χ3v) is 3.10. The molecule has 0 aliphatic carbocycles. The van der Waals surface area contributed by atoms with Crippen LogP contribution in [-0.4, -0.2) is 16.3 Å². The highest BCUT2D eigenvalue weighted by atomic mass is 32.2. The predicted octanol–water partition coefficient (Wildman–Crippen LogP) is 2.78. The molecular formula is C10H11FO2S. The summed E-state index contributed by atoms with van der Waals surface area (Å²) in [5.74, 6) is -1.14. The van der Waals surface area contributed by atoms with Gasteiger partial charge in [-0.05, 0) is 30.7 Å². The molecule has 76 valence electrons. The van der Waals surface area contributed by atoms with Crippen molar-refractivity contribution in [1.82, 2.24) is 0 Å². The van der Waals surface area contributed by atoms with Crippen LogP contribution < -0.4 is 0 Å². The quantitative estimate of drug-likeness (QED) is 0.783. The van der Waals surface area contributed by atoms with E-state index in [0.717, 1.165) is 4.90 Å². The first-order valence-corrected chi connectivity index (χ1v) is 5.16. The van der Waals surface area contributed by atoms with Crippen molar-refractivity contribution in [2.45, 2.75) is 23.5 Å². The Morgan fingerprint density at radius 2 is 2.07 bits per heavy atom. The second-order valence-electron chi connectivity index (χ2n) is 2.81. The summed E-state index contributed by atoms with van der Waals surface area (Å²) >= 11 is 1.24. The molecule has 0 aliphatic heterocycles. The Balaban J connectivity index is 2.67. The highest BCUT2D eigenvalue weighted by Crippen LogP contribution is 2.25. The largest absolute Gasteiger partial charge is 0.480 e. The SMILES string of the molecule is CCC(Sc1ccc(F)cc1)C(=O)O. The van der Waals surface area contributed by atoms with E-state index in [9.17, 15) is 9.18 Å². The third kappa shape index (κ3) is 3.03. The van der Waals surface area contributed by atoms with Crippen molar-refractivity contribution in [3.8, 4) is 0 Å². The van der Waals surface area contributed by atoms with E-state index < -0.39 is 11.2 Å². The second-order valence-corrected chi connectivity index (χ2v) is 4.08. The number of rotatable bonds is 4. The fourth-order valence-corrected chi connectivity index (χ4v) is 1.88. The van der Waals surface area contributed by atoms with E-state index in [2.05, 4.69) is 0 Å². The van der Waals surface area contributed by atoms with Gasteiger partial charge in [-0.1, -0.05) is 6.92 Å². The van der Waals surface area contributed by atoms with E-state index in [1.54, 1.807) is 12.1 Å². The van der Waals surface area contributed by atoms with Crippen LogP contribution in [0.15, 0.2) is 29.2 Å². The minimum Gasteiger partial charge on any atom is -0.480 e. The predicted molar refractivity (Wildman–Crippen MR) is 54.0 cm³/mol. The van der Waals surface area contributed by atoms with Gasteiger partial charge in [-0.3, -0.25) is 4.79 Å². The Hall–Kier alpha value is -1.03. The molecule has 1 aromatic carbocycles. The van der Waals surface area contributed by atoms with E-state index in [0.29, 0.717) is 6.42 Å². The van der Waals surface area contributed by atoms with Crippen LogP contribution in [0.2, 0.25) is 0 Å². The Morgan fingerprint density at radius 3 is 2.50 bits per heavy atom. The molecule has 1 aromatic rings. The number of carboxylic acid groups (broad SMARTS) is 1. The molecule has 14 heavy (non-hydrogen) atoms. The molecule has 0 saturated heterocycles. The zero-order chi connectivity index (χ0) is 10.6. The lowest BCUT2D eigenvalue weighted by Crippen LogP contribution is -2.14. The van der Waals surface area contributed by atoms with Gasteiger partial charge in [-0.25, -0.2) is 4.39 Å². The fraction of sp³-hybridized carbons (Fsp3) is 0.300. The van der Waals surface area contributed by atoms with Gasteiger partial charge in [-0.15, -0.1) is 11.8 Å². The first-order chi connectivity index (χ1) is 6.63. The summed E-state index contributed by atoms with van der Waals surface area (Å²) < 4.78 is 12.5.